The zero-order valence-corrected chi connectivity index (χ0v) is 21.3. The van der Waals surface area contributed by atoms with Crippen molar-refractivity contribution in [3.05, 3.63) is 82.4 Å². The van der Waals surface area contributed by atoms with Gasteiger partial charge in [-0.15, -0.1) is 0 Å². The van der Waals surface area contributed by atoms with Crippen LogP contribution in [0.5, 0.6) is 0 Å². The minimum Gasteiger partial charge on any atom is -0.354 e. The van der Waals surface area contributed by atoms with Gasteiger partial charge in [0.2, 0.25) is 0 Å². The minimum absolute atomic E-state index is 0.00854. The number of allylic oxidation sites excluding steroid dienone is 2. The molecule has 2 aliphatic rings. The molecule has 4 rings (SSSR count). The number of hydrogen-bond acceptors (Lipinski definition) is 3. The molecule has 2 aromatic carbocycles. The van der Waals surface area contributed by atoms with Crippen LogP contribution in [0.25, 0.3) is 0 Å². The molecule has 0 bridgehead atoms. The van der Waals surface area contributed by atoms with Crippen LogP contribution in [0.4, 0.5) is 4.39 Å². The van der Waals surface area contributed by atoms with E-state index in [4.69, 9.17) is 11.6 Å². The van der Waals surface area contributed by atoms with Gasteiger partial charge in [-0.25, -0.2) is 4.39 Å². The van der Waals surface area contributed by atoms with Crippen molar-refractivity contribution in [2.24, 2.45) is 5.92 Å². The van der Waals surface area contributed by atoms with Gasteiger partial charge < -0.3 is 4.74 Å². The zero-order chi connectivity index (χ0) is 25.1. The number of Topliss-reactive ketones (excluding diaryl/α,β-unsaturated/α-hetero) is 1. The van der Waals surface area contributed by atoms with E-state index in [2.05, 4.69) is 4.74 Å². The minimum atomic E-state index is -0.681. The van der Waals surface area contributed by atoms with Gasteiger partial charge in [-0.3, -0.25) is 9.59 Å². The molecule has 0 atom stereocenters. The quantitative estimate of drug-likeness (QED) is 0.436. The molecule has 0 amide bonds. The normalized spacial score (nSPS) is 14.3. The summed E-state index contributed by atoms with van der Waals surface area (Å²) in [5, 5.41) is 0.794. The van der Waals surface area contributed by atoms with Crippen molar-refractivity contribution in [2.45, 2.75) is 59.8 Å². The number of ketones is 2. The van der Waals surface area contributed by atoms with Crippen molar-refractivity contribution < 1.29 is 18.7 Å². The van der Waals surface area contributed by atoms with Crippen LogP contribution < -0.4 is 0 Å². The van der Waals surface area contributed by atoms with Crippen LogP contribution in [0.3, 0.4) is 0 Å². The average molecular weight is 477 g/mol. The van der Waals surface area contributed by atoms with Crippen LogP contribution in [-0.2, 0) is 4.74 Å². The summed E-state index contributed by atoms with van der Waals surface area (Å²) in [5.41, 5.74) is 1.89. The Morgan fingerprint density at radius 2 is 1.33 bits per heavy atom. The molecule has 2 aliphatic carbocycles. The van der Waals surface area contributed by atoms with Crippen molar-refractivity contribution in [2.75, 3.05) is 14.0 Å². The maximum absolute atomic E-state index is 12.4. The third-order valence-corrected chi connectivity index (χ3v) is 5.13. The number of halogens is 2. The first-order valence-electron chi connectivity index (χ1n) is 11.7. The lowest BCUT2D eigenvalue weighted by molar-refractivity contribution is 0.0970. The van der Waals surface area contributed by atoms with Crippen molar-refractivity contribution in [3.8, 4) is 0 Å². The second kappa shape index (κ2) is 19.2. The van der Waals surface area contributed by atoms with Crippen LogP contribution >= 0.6 is 11.6 Å². The lowest BCUT2D eigenvalue weighted by Gasteiger charge is -2.26. The lowest BCUT2D eigenvalue weighted by Crippen LogP contribution is -2.23. The molecule has 33 heavy (non-hydrogen) atoms. The summed E-state index contributed by atoms with van der Waals surface area (Å²) < 4.78 is 14.4. The highest BCUT2D eigenvalue weighted by Gasteiger charge is 2.30. The smallest absolute Gasteiger partial charge is 0.190 e. The van der Waals surface area contributed by atoms with E-state index in [0.717, 1.165) is 23.4 Å². The molecule has 0 aromatic heterocycles. The van der Waals surface area contributed by atoms with Crippen LogP contribution in [0.2, 0.25) is 5.02 Å². The molecule has 0 radical (unpaired) electrons. The average Bonchev–Trinajstić information content (AvgIpc) is 2.90. The number of rotatable bonds is 2. The zero-order valence-electron chi connectivity index (χ0n) is 20.6. The van der Waals surface area contributed by atoms with Crippen molar-refractivity contribution in [1.29, 1.82) is 0 Å². The van der Waals surface area contributed by atoms with Gasteiger partial charge in [0.05, 0.1) is 0 Å². The van der Waals surface area contributed by atoms with E-state index < -0.39 is 6.86 Å². The van der Waals surface area contributed by atoms with Crippen LogP contribution in [0.15, 0.2) is 66.2 Å². The highest BCUT2D eigenvalue weighted by Crippen LogP contribution is 2.34. The summed E-state index contributed by atoms with van der Waals surface area (Å²) in [4.78, 5) is 24.5. The molecule has 5 heteroatoms. The van der Waals surface area contributed by atoms with Crippen molar-refractivity contribution in [1.82, 2.24) is 0 Å². The van der Waals surface area contributed by atoms with E-state index in [0.29, 0.717) is 17.0 Å². The molecule has 0 N–H and O–H groups in total. The number of carbonyl (C=O) groups excluding carboxylic acids is 2. The van der Waals surface area contributed by atoms with Gasteiger partial charge in [-0.05, 0) is 37.0 Å². The number of methoxy groups -OCH3 is 1. The van der Waals surface area contributed by atoms with E-state index >= 15 is 0 Å². The topological polar surface area (TPSA) is 43.4 Å². The largest absolute Gasteiger partial charge is 0.354 e. The van der Waals surface area contributed by atoms with Crippen molar-refractivity contribution >= 4 is 23.2 Å². The molecule has 0 aliphatic heterocycles. The SMILES string of the molecule is CC.CC.COCF.Clc1ccccc1.O=C1C=C(C2CCCCC2)C(=O)c2ccccc21. The van der Waals surface area contributed by atoms with Gasteiger partial charge in [0.15, 0.2) is 18.4 Å². The second-order valence-corrected chi connectivity index (χ2v) is 7.30. The van der Waals surface area contributed by atoms with Gasteiger partial charge >= 0.3 is 0 Å². The molecule has 3 nitrogen and oxygen atoms in total. The maximum Gasteiger partial charge on any atom is 0.190 e. The van der Waals surface area contributed by atoms with Gasteiger partial charge in [-0.2, -0.15) is 0 Å². The van der Waals surface area contributed by atoms with Gasteiger partial charge in [0, 0.05) is 28.8 Å². The molecular weight excluding hydrogens is 439 g/mol. The fraction of sp³-hybridized carbons (Fsp3) is 0.429. The summed E-state index contributed by atoms with van der Waals surface area (Å²) in [6.07, 6.45) is 7.28. The Morgan fingerprint density at radius 3 is 1.79 bits per heavy atom. The maximum atomic E-state index is 12.4. The lowest BCUT2D eigenvalue weighted by atomic mass is 9.77. The summed E-state index contributed by atoms with van der Waals surface area (Å²) in [6.45, 7) is 7.32. The van der Waals surface area contributed by atoms with E-state index in [9.17, 15) is 14.0 Å². The number of alkyl halides is 1. The fourth-order valence-electron chi connectivity index (χ4n) is 3.47. The number of carbonyl (C=O) groups is 2. The first-order chi connectivity index (χ1) is 16.1. The molecule has 0 spiro atoms. The van der Waals surface area contributed by atoms with Crippen LogP contribution in [0.1, 0.15) is 80.5 Å². The number of ether oxygens (including phenoxy) is 1. The second-order valence-electron chi connectivity index (χ2n) is 6.87. The monoisotopic (exact) mass is 476 g/mol. The van der Waals surface area contributed by atoms with Gasteiger partial charge in [-0.1, -0.05) is 101 Å². The number of fused-ring (bicyclic) bond motifs is 1. The predicted molar refractivity (Wildman–Crippen MR) is 137 cm³/mol. The van der Waals surface area contributed by atoms with Crippen LogP contribution in [0, 0.1) is 5.92 Å². The molecular formula is C28H38ClFO3. The number of hydrogen-bond donors (Lipinski definition) is 0. The first kappa shape index (κ1) is 30.7. The molecule has 2 aromatic rings. The summed E-state index contributed by atoms with van der Waals surface area (Å²) in [6, 6.07) is 16.6. The fourth-order valence-corrected chi connectivity index (χ4v) is 3.61. The van der Waals surface area contributed by atoms with Crippen molar-refractivity contribution in [3.63, 3.8) is 0 Å². The number of benzene rings is 2. The van der Waals surface area contributed by atoms with E-state index in [1.54, 1.807) is 18.2 Å². The first-order valence-corrected chi connectivity index (χ1v) is 12.1. The Kier molecular flexibility index (Phi) is 17.9. The Morgan fingerprint density at radius 1 is 0.848 bits per heavy atom. The Hall–Kier alpha value is -2.30. The molecule has 0 unspecified atom stereocenters. The summed E-state index contributed by atoms with van der Waals surface area (Å²) in [5.74, 6) is 0.353. The summed E-state index contributed by atoms with van der Waals surface area (Å²) in [7, 11) is 1.31. The van der Waals surface area contributed by atoms with Crippen LogP contribution in [-0.4, -0.2) is 25.5 Å². The Balaban J connectivity index is 0.000000567. The van der Waals surface area contributed by atoms with E-state index in [-0.39, 0.29) is 11.6 Å². The Labute approximate surface area is 204 Å². The standard InChI is InChI=1S/C16H16O2.C6H5Cl.C2H5FO.2C2H6/c17-15-10-14(11-6-2-1-3-7-11)16(18)13-9-5-4-8-12(13)15;7-6-4-2-1-3-5-6;1-4-2-3;2*1-2/h4-5,8-11H,1-3,6-7H2;1-5H;2H2,1H3;2*1-2H3. The summed E-state index contributed by atoms with van der Waals surface area (Å²) >= 11 is 5.54. The van der Waals surface area contributed by atoms with E-state index in [1.807, 2.05) is 70.2 Å². The third-order valence-electron chi connectivity index (χ3n) is 4.87. The molecule has 182 valence electrons. The van der Waals surface area contributed by atoms with Gasteiger partial charge in [0.1, 0.15) is 0 Å². The highest BCUT2D eigenvalue weighted by atomic mass is 35.5. The molecule has 1 fully saturated rings. The highest BCUT2D eigenvalue weighted by molar-refractivity contribution is 6.30. The predicted octanol–water partition coefficient (Wildman–Crippen LogP) is 8.52. The van der Waals surface area contributed by atoms with Gasteiger partial charge in [0.25, 0.3) is 0 Å². The van der Waals surface area contributed by atoms with E-state index in [1.165, 1.54) is 26.4 Å². The molecule has 1 saturated carbocycles. The Bertz CT molecular complexity index is 826. The molecule has 0 saturated heterocycles. The third kappa shape index (κ3) is 10.9. The molecule has 0 heterocycles.